The highest BCUT2D eigenvalue weighted by Gasteiger charge is 1.95. The highest BCUT2D eigenvalue weighted by molar-refractivity contribution is 8.02. The maximum Gasteiger partial charge on any atom is 0.0701 e. The average molecular weight is 252 g/mol. The standard InChI is InChI=1S/C10H20O3S2/c1-3-12-5-7-14-9-10-15-8-6-13-4-2-11-1/h1-10H2. The Balaban J connectivity index is 2.01. The van der Waals surface area contributed by atoms with E-state index in [-0.39, 0.29) is 0 Å². The first-order chi connectivity index (χ1) is 7.50. The lowest BCUT2D eigenvalue weighted by Gasteiger charge is -2.05. The van der Waals surface area contributed by atoms with Crippen molar-refractivity contribution in [2.45, 2.75) is 0 Å². The monoisotopic (exact) mass is 252 g/mol. The molecule has 5 heteroatoms. The third-order valence-electron chi connectivity index (χ3n) is 1.86. The van der Waals surface area contributed by atoms with Gasteiger partial charge in [0, 0.05) is 23.0 Å². The topological polar surface area (TPSA) is 27.7 Å². The predicted octanol–water partition coefficient (Wildman–Crippen LogP) is 1.52. The van der Waals surface area contributed by atoms with Gasteiger partial charge in [-0.25, -0.2) is 0 Å². The molecule has 90 valence electrons. The minimum Gasteiger partial charge on any atom is -0.378 e. The molecule has 0 saturated carbocycles. The van der Waals surface area contributed by atoms with Crippen LogP contribution in [-0.2, 0) is 14.2 Å². The smallest absolute Gasteiger partial charge is 0.0701 e. The predicted molar refractivity (Wildman–Crippen MR) is 67.1 cm³/mol. The van der Waals surface area contributed by atoms with Crippen LogP contribution in [0.15, 0.2) is 0 Å². The van der Waals surface area contributed by atoms with Crippen molar-refractivity contribution in [1.29, 1.82) is 0 Å². The summed E-state index contributed by atoms with van der Waals surface area (Å²) < 4.78 is 16.2. The summed E-state index contributed by atoms with van der Waals surface area (Å²) in [6.07, 6.45) is 0. The molecule has 0 amide bonds. The molecule has 0 aromatic heterocycles. The minimum absolute atomic E-state index is 0.683. The first kappa shape index (κ1) is 13.6. The number of hydrogen-bond donors (Lipinski definition) is 0. The molecular formula is C10H20O3S2. The van der Waals surface area contributed by atoms with E-state index in [1.807, 2.05) is 23.5 Å². The summed E-state index contributed by atoms with van der Waals surface area (Å²) in [6.45, 7) is 4.46. The lowest BCUT2D eigenvalue weighted by Crippen LogP contribution is -2.11. The van der Waals surface area contributed by atoms with E-state index in [1.165, 1.54) is 11.5 Å². The molecule has 0 aliphatic carbocycles. The number of ether oxygens (including phenoxy) is 3. The number of hydrogen-bond acceptors (Lipinski definition) is 5. The van der Waals surface area contributed by atoms with Crippen LogP contribution in [0.1, 0.15) is 0 Å². The summed E-state index contributed by atoms with van der Waals surface area (Å²) in [6, 6.07) is 0. The van der Waals surface area contributed by atoms with Crippen molar-refractivity contribution in [1.82, 2.24) is 0 Å². The molecule has 15 heavy (non-hydrogen) atoms. The average Bonchev–Trinajstić information content (AvgIpc) is 2.27. The third-order valence-corrected chi connectivity index (χ3v) is 4.01. The van der Waals surface area contributed by atoms with Crippen LogP contribution in [0.5, 0.6) is 0 Å². The van der Waals surface area contributed by atoms with Crippen LogP contribution in [0.4, 0.5) is 0 Å². The van der Waals surface area contributed by atoms with Crippen molar-refractivity contribution in [3.05, 3.63) is 0 Å². The summed E-state index contributed by atoms with van der Waals surface area (Å²) in [5, 5.41) is 0. The van der Waals surface area contributed by atoms with Gasteiger partial charge in [0.1, 0.15) is 0 Å². The molecular weight excluding hydrogens is 232 g/mol. The molecule has 1 rings (SSSR count). The van der Waals surface area contributed by atoms with Crippen molar-refractivity contribution in [3.63, 3.8) is 0 Å². The molecule has 0 N–H and O–H groups in total. The highest BCUT2D eigenvalue weighted by atomic mass is 32.2. The molecule has 1 aliphatic heterocycles. The molecule has 0 aromatic carbocycles. The van der Waals surface area contributed by atoms with E-state index in [4.69, 9.17) is 14.2 Å². The molecule has 1 saturated heterocycles. The second kappa shape index (κ2) is 11.1. The second-order valence-corrected chi connectivity index (χ2v) is 5.51. The van der Waals surface area contributed by atoms with E-state index in [0.29, 0.717) is 26.4 Å². The Morgan fingerprint density at radius 3 is 1.33 bits per heavy atom. The zero-order valence-corrected chi connectivity index (χ0v) is 10.7. The van der Waals surface area contributed by atoms with Crippen LogP contribution in [0.25, 0.3) is 0 Å². The van der Waals surface area contributed by atoms with E-state index < -0.39 is 0 Å². The Morgan fingerprint density at radius 1 is 0.467 bits per heavy atom. The van der Waals surface area contributed by atoms with E-state index in [0.717, 1.165) is 24.7 Å². The van der Waals surface area contributed by atoms with Crippen molar-refractivity contribution < 1.29 is 14.2 Å². The molecule has 0 aromatic rings. The van der Waals surface area contributed by atoms with Gasteiger partial charge in [-0.3, -0.25) is 0 Å². The molecule has 1 fully saturated rings. The summed E-state index contributed by atoms with van der Waals surface area (Å²) >= 11 is 3.91. The Labute approximate surface area is 101 Å². The largest absolute Gasteiger partial charge is 0.378 e. The Morgan fingerprint density at radius 2 is 0.867 bits per heavy atom. The van der Waals surface area contributed by atoms with Crippen LogP contribution in [0, 0.1) is 0 Å². The van der Waals surface area contributed by atoms with Gasteiger partial charge in [-0.2, -0.15) is 23.5 Å². The van der Waals surface area contributed by atoms with Crippen molar-refractivity contribution in [3.8, 4) is 0 Å². The lowest BCUT2D eigenvalue weighted by atomic mass is 10.7. The van der Waals surface area contributed by atoms with Gasteiger partial charge in [0.2, 0.25) is 0 Å². The molecule has 0 radical (unpaired) electrons. The van der Waals surface area contributed by atoms with E-state index >= 15 is 0 Å². The van der Waals surface area contributed by atoms with Gasteiger partial charge in [0.25, 0.3) is 0 Å². The zero-order valence-electron chi connectivity index (χ0n) is 9.11. The second-order valence-electron chi connectivity index (χ2n) is 3.06. The first-order valence-electron chi connectivity index (χ1n) is 5.39. The van der Waals surface area contributed by atoms with Gasteiger partial charge >= 0.3 is 0 Å². The van der Waals surface area contributed by atoms with E-state index in [9.17, 15) is 0 Å². The maximum atomic E-state index is 5.42. The van der Waals surface area contributed by atoms with Crippen LogP contribution in [0.2, 0.25) is 0 Å². The third kappa shape index (κ3) is 9.51. The van der Waals surface area contributed by atoms with E-state index in [2.05, 4.69) is 0 Å². The normalized spacial score (nSPS) is 24.0. The molecule has 0 spiro atoms. The molecule has 0 atom stereocenters. The fourth-order valence-electron chi connectivity index (χ4n) is 1.10. The molecule has 1 aliphatic rings. The summed E-state index contributed by atoms with van der Waals surface area (Å²) in [5.74, 6) is 4.61. The van der Waals surface area contributed by atoms with Gasteiger partial charge in [0.05, 0.1) is 39.6 Å². The van der Waals surface area contributed by atoms with Crippen LogP contribution < -0.4 is 0 Å². The fourth-order valence-corrected chi connectivity index (χ4v) is 2.92. The Hall–Kier alpha value is 0.580. The molecule has 3 nitrogen and oxygen atoms in total. The number of thioether (sulfide) groups is 2. The van der Waals surface area contributed by atoms with Crippen molar-refractivity contribution in [2.75, 3.05) is 62.7 Å². The minimum atomic E-state index is 0.683. The van der Waals surface area contributed by atoms with Crippen molar-refractivity contribution in [2.24, 2.45) is 0 Å². The number of rotatable bonds is 0. The van der Waals surface area contributed by atoms with Gasteiger partial charge in [0.15, 0.2) is 0 Å². The quantitative estimate of drug-likeness (QED) is 0.651. The van der Waals surface area contributed by atoms with E-state index in [1.54, 1.807) is 0 Å². The van der Waals surface area contributed by atoms with Gasteiger partial charge in [-0.15, -0.1) is 0 Å². The van der Waals surface area contributed by atoms with Gasteiger partial charge in [-0.05, 0) is 0 Å². The molecule has 1 heterocycles. The fraction of sp³-hybridized carbons (Fsp3) is 1.00. The highest BCUT2D eigenvalue weighted by Crippen LogP contribution is 2.06. The SMILES string of the molecule is C1COCCSCCSCCOCCO1. The summed E-state index contributed by atoms with van der Waals surface area (Å²) in [4.78, 5) is 0. The molecule has 0 unspecified atom stereocenters. The summed E-state index contributed by atoms with van der Waals surface area (Å²) in [5.41, 5.74) is 0. The zero-order chi connectivity index (χ0) is 10.6. The van der Waals surface area contributed by atoms with Crippen LogP contribution >= 0.6 is 23.5 Å². The Bertz CT molecular complexity index is 77.2. The van der Waals surface area contributed by atoms with Gasteiger partial charge < -0.3 is 14.2 Å². The Kier molecular flexibility index (Phi) is 10.1. The van der Waals surface area contributed by atoms with Crippen molar-refractivity contribution >= 4 is 23.5 Å². The van der Waals surface area contributed by atoms with Gasteiger partial charge in [-0.1, -0.05) is 0 Å². The molecule has 0 bridgehead atoms. The first-order valence-corrected chi connectivity index (χ1v) is 7.70. The lowest BCUT2D eigenvalue weighted by molar-refractivity contribution is 0.0205. The van der Waals surface area contributed by atoms with Crippen LogP contribution in [-0.4, -0.2) is 62.7 Å². The van der Waals surface area contributed by atoms with Crippen LogP contribution in [0.3, 0.4) is 0 Å². The summed E-state index contributed by atoms with van der Waals surface area (Å²) in [7, 11) is 0. The maximum absolute atomic E-state index is 5.42.